The maximum absolute atomic E-state index is 4.45. The number of thioether (sulfide) groups is 1. The first-order valence-electron chi connectivity index (χ1n) is 5.05. The molecule has 1 aromatic carbocycles. The zero-order chi connectivity index (χ0) is 11.1. The van der Waals surface area contributed by atoms with E-state index in [0.717, 1.165) is 17.5 Å². The van der Waals surface area contributed by atoms with E-state index in [1.165, 1.54) is 32.3 Å². The van der Waals surface area contributed by atoms with Gasteiger partial charge in [0.25, 0.3) is 0 Å². The molecule has 0 atom stereocenters. The average molecular weight is 266 g/mol. The van der Waals surface area contributed by atoms with Gasteiger partial charge in [0.1, 0.15) is 11.0 Å². The molecule has 0 fully saturated rings. The van der Waals surface area contributed by atoms with Crippen molar-refractivity contribution in [2.45, 2.75) is 18.2 Å². The van der Waals surface area contributed by atoms with E-state index in [-0.39, 0.29) is 0 Å². The normalized spacial score (nSPS) is 11.6. The summed E-state index contributed by atoms with van der Waals surface area (Å²) in [7, 11) is 0. The summed E-state index contributed by atoms with van der Waals surface area (Å²) >= 11 is 4.94. The summed E-state index contributed by atoms with van der Waals surface area (Å²) in [6.07, 6.45) is 3.16. The SMILES string of the molecule is CCc1c(SC)c2sccc2c2nsnc12. The molecule has 3 rings (SSSR count). The maximum Gasteiger partial charge on any atom is 0.113 e. The summed E-state index contributed by atoms with van der Waals surface area (Å²) in [6.45, 7) is 2.19. The number of rotatable bonds is 2. The Morgan fingerprint density at radius 3 is 2.88 bits per heavy atom. The van der Waals surface area contributed by atoms with E-state index in [2.05, 4.69) is 33.4 Å². The van der Waals surface area contributed by atoms with Crippen LogP contribution in [0.4, 0.5) is 0 Å². The van der Waals surface area contributed by atoms with Gasteiger partial charge in [0, 0.05) is 10.3 Å². The lowest BCUT2D eigenvalue weighted by Crippen LogP contribution is -1.88. The molecule has 0 radical (unpaired) electrons. The first kappa shape index (κ1) is 10.5. The lowest BCUT2D eigenvalue weighted by atomic mass is 10.1. The van der Waals surface area contributed by atoms with E-state index in [1.54, 1.807) is 11.3 Å². The molecule has 2 nitrogen and oxygen atoms in total. The lowest BCUT2D eigenvalue weighted by molar-refractivity contribution is 1.11. The van der Waals surface area contributed by atoms with Crippen molar-refractivity contribution >= 4 is 55.9 Å². The molecule has 0 aliphatic rings. The van der Waals surface area contributed by atoms with Crippen LogP contribution in [0.25, 0.3) is 21.1 Å². The van der Waals surface area contributed by atoms with Crippen LogP contribution in [0.2, 0.25) is 0 Å². The highest BCUT2D eigenvalue weighted by molar-refractivity contribution is 7.99. The number of benzene rings is 1. The number of aromatic nitrogens is 2. The topological polar surface area (TPSA) is 25.8 Å². The van der Waals surface area contributed by atoms with Crippen molar-refractivity contribution in [3.05, 3.63) is 17.0 Å². The molecule has 0 saturated carbocycles. The second-order valence-electron chi connectivity index (χ2n) is 3.49. The van der Waals surface area contributed by atoms with Crippen LogP contribution < -0.4 is 0 Å². The Morgan fingerprint density at radius 1 is 1.31 bits per heavy atom. The van der Waals surface area contributed by atoms with Crippen molar-refractivity contribution in [1.82, 2.24) is 8.75 Å². The number of hydrogen-bond acceptors (Lipinski definition) is 5. The molecule has 0 aliphatic heterocycles. The minimum Gasteiger partial charge on any atom is -0.173 e. The molecule has 16 heavy (non-hydrogen) atoms. The zero-order valence-corrected chi connectivity index (χ0v) is 11.4. The van der Waals surface area contributed by atoms with Crippen LogP contribution in [-0.4, -0.2) is 15.0 Å². The van der Waals surface area contributed by atoms with E-state index < -0.39 is 0 Å². The van der Waals surface area contributed by atoms with Crippen LogP contribution in [-0.2, 0) is 6.42 Å². The second-order valence-corrected chi connectivity index (χ2v) is 5.75. The molecule has 0 amide bonds. The smallest absolute Gasteiger partial charge is 0.113 e. The quantitative estimate of drug-likeness (QED) is 0.650. The molecule has 2 aromatic heterocycles. The van der Waals surface area contributed by atoms with Gasteiger partial charge in [-0.1, -0.05) is 6.92 Å². The molecule has 0 aliphatic carbocycles. The minimum absolute atomic E-state index is 1.02. The fraction of sp³-hybridized carbons (Fsp3) is 0.273. The zero-order valence-electron chi connectivity index (χ0n) is 8.98. The summed E-state index contributed by atoms with van der Waals surface area (Å²) < 4.78 is 10.2. The molecule has 2 heterocycles. The van der Waals surface area contributed by atoms with Crippen LogP contribution >= 0.6 is 34.8 Å². The first-order valence-corrected chi connectivity index (χ1v) is 7.88. The summed E-state index contributed by atoms with van der Waals surface area (Å²) in [5, 5.41) is 3.40. The summed E-state index contributed by atoms with van der Waals surface area (Å²) in [5.74, 6) is 0. The van der Waals surface area contributed by atoms with Crippen LogP contribution in [0.1, 0.15) is 12.5 Å². The Morgan fingerprint density at radius 2 is 2.12 bits per heavy atom. The van der Waals surface area contributed by atoms with Crippen LogP contribution in [0, 0.1) is 0 Å². The molecular weight excluding hydrogens is 256 g/mol. The predicted molar refractivity (Wildman–Crippen MR) is 74.0 cm³/mol. The Hall–Kier alpha value is -0.650. The Bertz CT molecular complexity index is 596. The van der Waals surface area contributed by atoms with Gasteiger partial charge in [0.15, 0.2) is 0 Å². The molecule has 0 N–H and O–H groups in total. The van der Waals surface area contributed by atoms with Gasteiger partial charge < -0.3 is 0 Å². The van der Waals surface area contributed by atoms with Gasteiger partial charge in [-0.2, -0.15) is 8.75 Å². The number of nitrogens with zero attached hydrogens (tertiary/aromatic N) is 2. The highest BCUT2D eigenvalue weighted by Gasteiger charge is 2.16. The van der Waals surface area contributed by atoms with Gasteiger partial charge >= 0.3 is 0 Å². The Balaban J connectivity index is 2.59. The van der Waals surface area contributed by atoms with Gasteiger partial charge in [-0.15, -0.1) is 23.1 Å². The van der Waals surface area contributed by atoms with E-state index >= 15 is 0 Å². The predicted octanol–water partition coefficient (Wildman–Crippen LogP) is 4.19. The maximum atomic E-state index is 4.45. The van der Waals surface area contributed by atoms with Crippen molar-refractivity contribution in [1.29, 1.82) is 0 Å². The Labute approximate surface area is 106 Å². The molecular formula is C11H10N2S3. The summed E-state index contributed by atoms with van der Waals surface area (Å²) in [5.41, 5.74) is 3.53. The van der Waals surface area contributed by atoms with E-state index in [4.69, 9.17) is 0 Å². The van der Waals surface area contributed by atoms with Gasteiger partial charge in [0.2, 0.25) is 0 Å². The largest absolute Gasteiger partial charge is 0.173 e. The number of aryl methyl sites for hydroxylation is 1. The third-order valence-corrected chi connectivity index (χ3v) is 5.18. The first-order chi connectivity index (χ1) is 7.86. The van der Waals surface area contributed by atoms with Crippen molar-refractivity contribution in [2.75, 3.05) is 6.26 Å². The number of thiophene rings is 1. The standard InChI is InChI=1S/C11H10N2S3/c1-3-6-8-9(13-16-12-8)7-4-5-15-11(7)10(6)14-2/h4-5H,3H2,1-2H3. The molecule has 0 saturated heterocycles. The van der Waals surface area contributed by atoms with Crippen LogP contribution in [0.3, 0.4) is 0 Å². The van der Waals surface area contributed by atoms with Gasteiger partial charge in [0.05, 0.1) is 16.4 Å². The lowest BCUT2D eigenvalue weighted by Gasteiger charge is -2.07. The average Bonchev–Trinajstić information content (AvgIpc) is 2.93. The van der Waals surface area contributed by atoms with E-state index in [9.17, 15) is 0 Å². The third kappa shape index (κ3) is 1.31. The molecule has 82 valence electrons. The van der Waals surface area contributed by atoms with Crippen LogP contribution in [0.15, 0.2) is 16.3 Å². The molecule has 5 heteroatoms. The number of hydrogen-bond donors (Lipinski definition) is 0. The second kappa shape index (κ2) is 3.98. The van der Waals surface area contributed by atoms with E-state index in [1.807, 2.05) is 11.8 Å². The fourth-order valence-corrected chi connectivity index (χ4v) is 4.65. The molecule has 0 unspecified atom stereocenters. The summed E-state index contributed by atoms with van der Waals surface area (Å²) in [6, 6.07) is 2.16. The van der Waals surface area contributed by atoms with Crippen molar-refractivity contribution in [3.8, 4) is 0 Å². The highest BCUT2D eigenvalue weighted by atomic mass is 32.2. The monoisotopic (exact) mass is 266 g/mol. The minimum atomic E-state index is 1.02. The fourth-order valence-electron chi connectivity index (χ4n) is 2.02. The van der Waals surface area contributed by atoms with E-state index in [0.29, 0.717) is 0 Å². The molecule has 0 bridgehead atoms. The third-order valence-electron chi connectivity index (χ3n) is 2.73. The van der Waals surface area contributed by atoms with Crippen molar-refractivity contribution < 1.29 is 0 Å². The van der Waals surface area contributed by atoms with Gasteiger partial charge in [-0.05, 0) is 29.7 Å². The molecule has 0 spiro atoms. The van der Waals surface area contributed by atoms with Crippen molar-refractivity contribution in [2.24, 2.45) is 0 Å². The van der Waals surface area contributed by atoms with Crippen LogP contribution in [0.5, 0.6) is 0 Å². The van der Waals surface area contributed by atoms with Gasteiger partial charge in [-0.25, -0.2) is 0 Å². The Kier molecular flexibility index (Phi) is 2.61. The highest BCUT2D eigenvalue weighted by Crippen LogP contribution is 2.39. The van der Waals surface area contributed by atoms with Crippen molar-refractivity contribution in [3.63, 3.8) is 0 Å². The van der Waals surface area contributed by atoms with Gasteiger partial charge in [-0.3, -0.25) is 0 Å². The number of fused-ring (bicyclic) bond motifs is 3. The summed E-state index contributed by atoms with van der Waals surface area (Å²) in [4.78, 5) is 1.38. The molecule has 3 aromatic rings.